The maximum Gasteiger partial charge on any atom is 0.416 e. The molecule has 2 fully saturated rings. The van der Waals surface area contributed by atoms with Gasteiger partial charge in [-0.15, -0.1) is 0 Å². The van der Waals surface area contributed by atoms with Crippen LogP contribution in [0.5, 0.6) is 0 Å². The number of rotatable bonds is 5. The molecule has 2 aliphatic rings. The van der Waals surface area contributed by atoms with Crippen LogP contribution in [0.1, 0.15) is 51.2 Å². The molecular formula is C22H28F3N3O3. The van der Waals surface area contributed by atoms with Crippen molar-refractivity contribution in [2.75, 3.05) is 13.1 Å². The Morgan fingerprint density at radius 1 is 1.19 bits per heavy atom. The normalized spacial score (nSPS) is 25.6. The van der Waals surface area contributed by atoms with E-state index in [1.165, 1.54) is 12.1 Å². The number of nitrogens with zero attached hydrogens (tertiary/aromatic N) is 1. The zero-order chi connectivity index (χ0) is 23.0. The van der Waals surface area contributed by atoms with E-state index >= 15 is 0 Å². The van der Waals surface area contributed by atoms with Gasteiger partial charge in [0.25, 0.3) is 5.91 Å². The summed E-state index contributed by atoms with van der Waals surface area (Å²) in [4.78, 5) is 38.7. The van der Waals surface area contributed by atoms with Crippen molar-refractivity contribution in [3.63, 3.8) is 0 Å². The Bertz CT molecular complexity index is 867. The molecule has 0 aromatic heterocycles. The Hall–Kier alpha value is -2.58. The van der Waals surface area contributed by atoms with Crippen LogP contribution in [0, 0.1) is 11.3 Å². The minimum absolute atomic E-state index is 0.0967. The van der Waals surface area contributed by atoms with Gasteiger partial charge in [0.05, 0.1) is 5.56 Å². The van der Waals surface area contributed by atoms with Gasteiger partial charge in [0.2, 0.25) is 5.91 Å². The second-order valence-corrected chi connectivity index (χ2v) is 9.55. The Labute approximate surface area is 179 Å². The smallest absolute Gasteiger partial charge is 0.354 e. The van der Waals surface area contributed by atoms with E-state index in [0.29, 0.717) is 24.8 Å². The topological polar surface area (TPSA) is 78.5 Å². The van der Waals surface area contributed by atoms with Crippen LogP contribution in [-0.2, 0) is 22.2 Å². The molecule has 9 heteroatoms. The lowest BCUT2D eigenvalue weighted by molar-refractivity contribution is -0.138. The second-order valence-electron chi connectivity index (χ2n) is 9.55. The van der Waals surface area contributed by atoms with Crippen molar-refractivity contribution in [2.45, 2.75) is 58.2 Å². The fourth-order valence-electron chi connectivity index (χ4n) is 5.06. The quantitative estimate of drug-likeness (QED) is 0.690. The first kappa shape index (κ1) is 23.1. The third-order valence-corrected chi connectivity index (χ3v) is 5.94. The predicted octanol–water partition coefficient (Wildman–Crippen LogP) is 3.50. The molecule has 2 atom stereocenters. The second kappa shape index (κ2) is 8.16. The molecule has 31 heavy (non-hydrogen) atoms. The molecule has 1 aromatic carbocycles. The molecule has 1 aliphatic heterocycles. The van der Waals surface area contributed by atoms with Crippen LogP contribution in [0.2, 0.25) is 0 Å². The van der Waals surface area contributed by atoms with Crippen molar-refractivity contribution in [1.29, 1.82) is 0 Å². The summed E-state index contributed by atoms with van der Waals surface area (Å²) in [6.07, 6.45) is -2.02. The van der Waals surface area contributed by atoms with Gasteiger partial charge in [-0.2, -0.15) is 13.2 Å². The SMILES string of the molecule is CC1CC(C)(C)CC2(C1)NC(=O)N(CC(=O)NCCc1ccc(C(F)(F)F)cc1)C2=O. The van der Waals surface area contributed by atoms with Gasteiger partial charge in [0, 0.05) is 6.54 Å². The van der Waals surface area contributed by atoms with Crippen LogP contribution < -0.4 is 10.6 Å². The van der Waals surface area contributed by atoms with Crippen LogP contribution in [0.25, 0.3) is 0 Å². The lowest BCUT2D eigenvalue weighted by Crippen LogP contribution is -2.54. The lowest BCUT2D eigenvalue weighted by Gasteiger charge is -2.43. The summed E-state index contributed by atoms with van der Waals surface area (Å²) < 4.78 is 37.8. The highest BCUT2D eigenvalue weighted by Gasteiger charge is 2.56. The highest BCUT2D eigenvalue weighted by Crippen LogP contribution is 2.46. The molecule has 1 aliphatic carbocycles. The lowest BCUT2D eigenvalue weighted by atomic mass is 9.64. The van der Waals surface area contributed by atoms with E-state index < -0.39 is 29.2 Å². The number of nitrogens with one attached hydrogen (secondary N) is 2. The number of hydrogen-bond donors (Lipinski definition) is 2. The monoisotopic (exact) mass is 439 g/mol. The average Bonchev–Trinajstić information content (AvgIpc) is 2.83. The van der Waals surface area contributed by atoms with E-state index in [-0.39, 0.29) is 30.3 Å². The van der Waals surface area contributed by atoms with Crippen molar-refractivity contribution in [3.05, 3.63) is 35.4 Å². The van der Waals surface area contributed by atoms with Gasteiger partial charge in [0.1, 0.15) is 12.1 Å². The summed E-state index contributed by atoms with van der Waals surface area (Å²) in [6, 6.07) is 4.16. The molecular weight excluding hydrogens is 411 g/mol. The number of alkyl halides is 3. The number of urea groups is 1. The van der Waals surface area contributed by atoms with Crippen LogP contribution in [0.3, 0.4) is 0 Å². The van der Waals surface area contributed by atoms with E-state index in [0.717, 1.165) is 23.5 Å². The van der Waals surface area contributed by atoms with Crippen molar-refractivity contribution >= 4 is 17.8 Å². The summed E-state index contributed by atoms with van der Waals surface area (Å²) >= 11 is 0. The van der Waals surface area contributed by atoms with Crippen LogP contribution in [0.4, 0.5) is 18.0 Å². The number of carbonyl (C=O) groups excluding carboxylic acids is 3. The molecule has 2 unspecified atom stereocenters. The minimum Gasteiger partial charge on any atom is -0.354 e. The summed E-state index contributed by atoms with van der Waals surface area (Å²) in [5, 5.41) is 5.45. The molecule has 170 valence electrons. The third kappa shape index (κ3) is 5.19. The Morgan fingerprint density at radius 3 is 2.42 bits per heavy atom. The number of benzene rings is 1. The molecule has 1 heterocycles. The first-order valence-electron chi connectivity index (χ1n) is 10.4. The molecule has 1 spiro atoms. The highest BCUT2D eigenvalue weighted by molar-refractivity contribution is 6.09. The summed E-state index contributed by atoms with van der Waals surface area (Å²) in [7, 11) is 0. The molecule has 3 rings (SSSR count). The standard InChI is InChI=1S/C22H28F3N3O3/c1-14-10-20(2,3)13-21(11-14)18(30)28(19(31)27-21)12-17(29)26-9-8-15-4-6-16(7-5-15)22(23,24)25/h4-7,14H,8-13H2,1-3H3,(H,26,29)(H,27,31). The number of hydrogen-bond acceptors (Lipinski definition) is 3. The molecule has 6 nitrogen and oxygen atoms in total. The zero-order valence-electron chi connectivity index (χ0n) is 17.9. The van der Waals surface area contributed by atoms with Crippen molar-refractivity contribution < 1.29 is 27.6 Å². The first-order chi connectivity index (χ1) is 14.3. The molecule has 1 aromatic rings. The van der Waals surface area contributed by atoms with E-state index in [2.05, 4.69) is 31.4 Å². The Kier molecular flexibility index (Phi) is 6.08. The molecule has 0 radical (unpaired) electrons. The van der Waals surface area contributed by atoms with E-state index in [1.54, 1.807) is 0 Å². The molecule has 4 amide bonds. The maximum atomic E-state index is 13.0. The van der Waals surface area contributed by atoms with Crippen molar-refractivity contribution in [1.82, 2.24) is 15.5 Å². The van der Waals surface area contributed by atoms with Gasteiger partial charge in [0.15, 0.2) is 0 Å². The van der Waals surface area contributed by atoms with Gasteiger partial charge >= 0.3 is 12.2 Å². The van der Waals surface area contributed by atoms with Crippen molar-refractivity contribution in [2.24, 2.45) is 11.3 Å². The molecule has 1 saturated carbocycles. The van der Waals surface area contributed by atoms with Gasteiger partial charge < -0.3 is 10.6 Å². The number of amides is 4. The summed E-state index contributed by atoms with van der Waals surface area (Å²) in [5.41, 5.74) is -1.15. The third-order valence-electron chi connectivity index (χ3n) is 5.94. The minimum atomic E-state index is -4.39. The summed E-state index contributed by atoms with van der Waals surface area (Å²) in [6.45, 7) is 6.00. The van der Waals surface area contributed by atoms with E-state index in [9.17, 15) is 27.6 Å². The summed E-state index contributed by atoms with van der Waals surface area (Å²) in [5.74, 6) is -0.587. The maximum absolute atomic E-state index is 13.0. The number of halogens is 3. The molecule has 0 bridgehead atoms. The fourth-order valence-corrected chi connectivity index (χ4v) is 5.06. The Balaban J connectivity index is 1.53. The van der Waals surface area contributed by atoms with Gasteiger partial charge in [-0.1, -0.05) is 32.9 Å². The van der Waals surface area contributed by atoms with E-state index in [4.69, 9.17) is 0 Å². The number of imide groups is 1. The van der Waals surface area contributed by atoms with Crippen LogP contribution >= 0.6 is 0 Å². The van der Waals surface area contributed by atoms with Gasteiger partial charge in [-0.05, 0) is 54.7 Å². The highest BCUT2D eigenvalue weighted by atomic mass is 19.4. The largest absolute Gasteiger partial charge is 0.416 e. The number of carbonyl (C=O) groups is 3. The van der Waals surface area contributed by atoms with Crippen LogP contribution in [0.15, 0.2) is 24.3 Å². The zero-order valence-corrected chi connectivity index (χ0v) is 17.9. The predicted molar refractivity (Wildman–Crippen MR) is 108 cm³/mol. The average molecular weight is 439 g/mol. The van der Waals surface area contributed by atoms with Gasteiger partial charge in [-0.25, -0.2) is 4.79 Å². The van der Waals surface area contributed by atoms with E-state index in [1.807, 2.05) is 0 Å². The van der Waals surface area contributed by atoms with Gasteiger partial charge in [-0.3, -0.25) is 14.5 Å². The molecule has 2 N–H and O–H groups in total. The fraction of sp³-hybridized carbons (Fsp3) is 0.591. The molecule has 1 saturated heterocycles. The first-order valence-corrected chi connectivity index (χ1v) is 10.4. The van der Waals surface area contributed by atoms with Crippen molar-refractivity contribution in [3.8, 4) is 0 Å². The Morgan fingerprint density at radius 2 is 1.84 bits per heavy atom. The van der Waals surface area contributed by atoms with Crippen LogP contribution in [-0.4, -0.2) is 41.4 Å².